The molecule has 0 amide bonds. The Balaban J connectivity index is 2.59. The van der Waals surface area contributed by atoms with Gasteiger partial charge in [0, 0.05) is 19.6 Å². The number of furan rings is 1. The minimum atomic E-state index is 0.474. The molecule has 0 bridgehead atoms. The largest absolute Gasteiger partial charge is 0.461 e. The predicted octanol–water partition coefficient (Wildman–Crippen LogP) is 1.83. The molecule has 0 aliphatic heterocycles. The summed E-state index contributed by atoms with van der Waals surface area (Å²) in [4.78, 5) is 6.44. The Morgan fingerprint density at radius 3 is 2.59 bits per heavy atom. The van der Waals surface area contributed by atoms with Gasteiger partial charge in [-0.2, -0.15) is 0 Å². The van der Waals surface area contributed by atoms with E-state index in [0.717, 1.165) is 18.1 Å². The van der Waals surface area contributed by atoms with E-state index in [-0.39, 0.29) is 0 Å². The van der Waals surface area contributed by atoms with Gasteiger partial charge in [0.2, 0.25) is 0 Å². The van der Waals surface area contributed by atoms with E-state index in [0.29, 0.717) is 12.0 Å². The number of hydrogen-bond donors (Lipinski definition) is 1. The van der Waals surface area contributed by atoms with E-state index in [1.807, 2.05) is 12.1 Å². The van der Waals surface area contributed by atoms with Crippen LogP contribution in [0.15, 0.2) is 27.8 Å². The minimum Gasteiger partial charge on any atom is -0.461 e. The van der Waals surface area contributed by atoms with Crippen molar-refractivity contribution in [3.8, 4) is 0 Å². The zero-order valence-corrected chi connectivity index (χ0v) is 11.4. The fourth-order valence-corrected chi connectivity index (χ4v) is 1.91. The number of aliphatic imine (C=N–C) groups is 1. The smallest absolute Gasteiger partial charge is 0.168 e. The molecule has 1 aromatic heterocycles. The third-order valence-corrected chi connectivity index (χ3v) is 2.89. The fraction of sp³-hybridized carbons (Fsp3) is 0.615. The molecular weight excluding hydrogens is 214 g/mol. The van der Waals surface area contributed by atoms with Crippen LogP contribution in [0, 0.1) is 5.92 Å². The van der Waals surface area contributed by atoms with Crippen molar-refractivity contribution in [1.29, 1.82) is 0 Å². The van der Waals surface area contributed by atoms with E-state index in [9.17, 15) is 0 Å². The molecule has 96 valence electrons. The molecule has 4 heteroatoms. The number of amidine groups is 1. The Bertz CT molecular complexity index is 334. The summed E-state index contributed by atoms with van der Waals surface area (Å²) < 4.78 is 5.33. The first-order chi connectivity index (χ1) is 8.06. The maximum absolute atomic E-state index is 5.33. The monoisotopic (exact) mass is 237 g/mol. The van der Waals surface area contributed by atoms with Crippen molar-refractivity contribution in [3.63, 3.8) is 0 Å². The third-order valence-electron chi connectivity index (χ3n) is 2.89. The van der Waals surface area contributed by atoms with Crippen LogP contribution < -0.4 is 5.32 Å². The van der Waals surface area contributed by atoms with Crippen LogP contribution in [-0.2, 0) is 0 Å². The van der Waals surface area contributed by atoms with Crippen LogP contribution in [0.25, 0.3) is 0 Å². The SMILES string of the molecule is CN=C(NC[C@H](C(C)C)N(C)C)c1ccco1. The van der Waals surface area contributed by atoms with E-state index in [1.54, 1.807) is 13.3 Å². The van der Waals surface area contributed by atoms with E-state index in [2.05, 4.69) is 43.2 Å². The lowest BCUT2D eigenvalue weighted by molar-refractivity contribution is 0.232. The maximum atomic E-state index is 5.33. The molecule has 0 aliphatic rings. The van der Waals surface area contributed by atoms with E-state index >= 15 is 0 Å². The molecular formula is C13H23N3O. The molecule has 4 nitrogen and oxygen atoms in total. The Labute approximate surface area is 104 Å². The van der Waals surface area contributed by atoms with Gasteiger partial charge in [-0.1, -0.05) is 13.8 Å². The lowest BCUT2D eigenvalue weighted by Gasteiger charge is -2.28. The van der Waals surface area contributed by atoms with Crippen molar-refractivity contribution >= 4 is 5.84 Å². The van der Waals surface area contributed by atoms with Gasteiger partial charge in [-0.25, -0.2) is 0 Å². The number of likely N-dealkylation sites (N-methyl/N-ethyl adjacent to an activating group) is 1. The Morgan fingerprint density at radius 2 is 2.18 bits per heavy atom. The van der Waals surface area contributed by atoms with E-state index in [1.165, 1.54) is 0 Å². The van der Waals surface area contributed by atoms with Gasteiger partial charge in [0.25, 0.3) is 0 Å². The standard InChI is InChI=1S/C13H23N3O/c1-10(2)11(16(4)5)9-15-13(14-3)12-7-6-8-17-12/h6-8,10-11H,9H2,1-5H3,(H,14,15)/t11-/m1/s1. The van der Waals surface area contributed by atoms with Crippen molar-refractivity contribution in [1.82, 2.24) is 10.2 Å². The van der Waals surface area contributed by atoms with Crippen LogP contribution in [-0.4, -0.2) is 44.5 Å². The lowest BCUT2D eigenvalue weighted by Crippen LogP contribution is -2.43. The quantitative estimate of drug-likeness (QED) is 0.627. The summed E-state index contributed by atoms with van der Waals surface area (Å²) in [7, 11) is 5.97. The molecule has 0 aliphatic carbocycles. The highest BCUT2D eigenvalue weighted by atomic mass is 16.3. The Kier molecular flexibility index (Phi) is 5.22. The number of nitrogens with zero attached hydrogens (tertiary/aromatic N) is 2. The molecule has 0 saturated carbocycles. The summed E-state index contributed by atoms with van der Waals surface area (Å²) in [5.74, 6) is 2.18. The van der Waals surface area contributed by atoms with Crippen LogP contribution in [0.3, 0.4) is 0 Å². The van der Waals surface area contributed by atoms with Crippen LogP contribution in [0.4, 0.5) is 0 Å². The molecule has 1 aromatic rings. The van der Waals surface area contributed by atoms with Crippen LogP contribution in [0.2, 0.25) is 0 Å². The van der Waals surface area contributed by atoms with Crippen molar-refractivity contribution in [2.75, 3.05) is 27.7 Å². The molecule has 0 aromatic carbocycles. The van der Waals surface area contributed by atoms with Crippen molar-refractivity contribution < 1.29 is 4.42 Å². The molecule has 1 N–H and O–H groups in total. The van der Waals surface area contributed by atoms with Gasteiger partial charge in [-0.3, -0.25) is 4.99 Å². The zero-order chi connectivity index (χ0) is 12.8. The molecule has 1 heterocycles. The first-order valence-corrected chi connectivity index (χ1v) is 5.97. The topological polar surface area (TPSA) is 40.8 Å². The predicted molar refractivity (Wildman–Crippen MR) is 71.5 cm³/mol. The van der Waals surface area contributed by atoms with Gasteiger partial charge < -0.3 is 14.6 Å². The second-order valence-corrected chi connectivity index (χ2v) is 4.71. The zero-order valence-electron chi connectivity index (χ0n) is 11.4. The second-order valence-electron chi connectivity index (χ2n) is 4.71. The highest BCUT2D eigenvalue weighted by Crippen LogP contribution is 2.07. The van der Waals surface area contributed by atoms with Crippen LogP contribution >= 0.6 is 0 Å². The Morgan fingerprint density at radius 1 is 1.47 bits per heavy atom. The minimum absolute atomic E-state index is 0.474. The van der Waals surface area contributed by atoms with Gasteiger partial charge >= 0.3 is 0 Å². The maximum Gasteiger partial charge on any atom is 0.168 e. The van der Waals surface area contributed by atoms with Gasteiger partial charge in [0.1, 0.15) is 0 Å². The molecule has 17 heavy (non-hydrogen) atoms. The van der Waals surface area contributed by atoms with Gasteiger partial charge in [0.05, 0.1) is 6.26 Å². The third kappa shape index (κ3) is 3.89. The summed E-state index contributed by atoms with van der Waals surface area (Å²) in [5.41, 5.74) is 0. The highest BCUT2D eigenvalue weighted by Gasteiger charge is 2.16. The molecule has 0 saturated heterocycles. The van der Waals surface area contributed by atoms with Crippen molar-refractivity contribution in [3.05, 3.63) is 24.2 Å². The van der Waals surface area contributed by atoms with Crippen LogP contribution in [0.1, 0.15) is 19.6 Å². The summed E-state index contributed by atoms with van der Waals surface area (Å²) >= 11 is 0. The number of rotatable bonds is 5. The summed E-state index contributed by atoms with van der Waals surface area (Å²) in [6.07, 6.45) is 1.66. The number of nitrogens with one attached hydrogen (secondary N) is 1. The van der Waals surface area contributed by atoms with Gasteiger partial charge in [0.15, 0.2) is 11.6 Å². The summed E-state index contributed by atoms with van der Waals surface area (Å²) in [6, 6.07) is 4.26. The average molecular weight is 237 g/mol. The normalized spacial score (nSPS) is 14.4. The second kappa shape index (κ2) is 6.45. The first-order valence-electron chi connectivity index (χ1n) is 5.97. The van der Waals surface area contributed by atoms with Gasteiger partial charge in [-0.05, 0) is 32.1 Å². The van der Waals surface area contributed by atoms with E-state index < -0.39 is 0 Å². The van der Waals surface area contributed by atoms with Crippen LogP contribution in [0.5, 0.6) is 0 Å². The van der Waals surface area contributed by atoms with Crippen molar-refractivity contribution in [2.24, 2.45) is 10.9 Å². The molecule has 0 spiro atoms. The molecule has 1 rings (SSSR count). The molecule has 0 fully saturated rings. The van der Waals surface area contributed by atoms with Crippen molar-refractivity contribution in [2.45, 2.75) is 19.9 Å². The Hall–Kier alpha value is -1.29. The average Bonchev–Trinajstić information content (AvgIpc) is 2.76. The summed E-state index contributed by atoms with van der Waals surface area (Å²) in [6.45, 7) is 5.31. The fourth-order valence-electron chi connectivity index (χ4n) is 1.91. The summed E-state index contributed by atoms with van der Waals surface area (Å²) in [5, 5.41) is 3.35. The number of hydrogen-bond acceptors (Lipinski definition) is 3. The first kappa shape index (κ1) is 13.8. The highest BCUT2D eigenvalue weighted by molar-refractivity contribution is 5.96. The molecule has 0 radical (unpaired) electrons. The lowest BCUT2D eigenvalue weighted by atomic mass is 10.0. The van der Waals surface area contributed by atoms with Gasteiger partial charge in [-0.15, -0.1) is 0 Å². The molecule has 0 unspecified atom stereocenters. The van der Waals surface area contributed by atoms with E-state index in [4.69, 9.17) is 4.42 Å². The molecule has 1 atom stereocenters.